The van der Waals surface area contributed by atoms with Gasteiger partial charge in [-0.3, -0.25) is 0 Å². The molecule has 0 heterocycles. The Morgan fingerprint density at radius 2 is 1.92 bits per heavy atom. The van der Waals surface area contributed by atoms with Gasteiger partial charge >= 0.3 is 0 Å². The summed E-state index contributed by atoms with van der Waals surface area (Å²) in [6.45, 7) is 0. The van der Waals surface area contributed by atoms with Gasteiger partial charge in [0.05, 0.1) is 4.95 Å². The molecule has 0 saturated heterocycles. The van der Waals surface area contributed by atoms with Gasteiger partial charge in [-0.2, -0.15) is 0 Å². The van der Waals surface area contributed by atoms with E-state index in [0.29, 0.717) is 4.95 Å². The van der Waals surface area contributed by atoms with Gasteiger partial charge in [0.1, 0.15) is 0 Å². The van der Waals surface area contributed by atoms with Crippen LogP contribution >= 0.6 is 31.9 Å². The lowest BCUT2D eigenvalue weighted by molar-refractivity contribution is 0.938. The van der Waals surface area contributed by atoms with E-state index in [4.69, 9.17) is 0 Å². The highest BCUT2D eigenvalue weighted by atomic mass is 79.9. The molecule has 1 atom stereocenters. The van der Waals surface area contributed by atoms with Crippen LogP contribution in [0.1, 0.15) is 0 Å². The van der Waals surface area contributed by atoms with Crippen molar-refractivity contribution in [2.45, 2.75) is 4.95 Å². The van der Waals surface area contributed by atoms with Crippen molar-refractivity contribution in [3.8, 4) is 0 Å². The highest BCUT2D eigenvalue weighted by molar-refractivity contribution is 9.12. The van der Waals surface area contributed by atoms with Crippen molar-refractivity contribution >= 4 is 37.5 Å². The molecule has 1 nitrogen and oxygen atoms in total. The van der Waals surface area contributed by atoms with Crippen molar-refractivity contribution in [3.63, 3.8) is 0 Å². The third kappa shape index (κ3) is 2.49. The minimum absolute atomic E-state index is 0.347. The van der Waals surface area contributed by atoms with Crippen LogP contribution in [0.15, 0.2) is 30.3 Å². The summed E-state index contributed by atoms with van der Waals surface area (Å²) in [5.41, 5.74) is 1.22. The van der Waals surface area contributed by atoms with Gasteiger partial charge in [0.2, 0.25) is 0 Å². The summed E-state index contributed by atoms with van der Waals surface area (Å²) in [5.74, 6) is 0. The minimum atomic E-state index is 0.347. The summed E-state index contributed by atoms with van der Waals surface area (Å²) in [4.78, 5) is 2.52. The SMILES string of the molecule is CN(c1ccccc1)C(Br)CBr. The van der Waals surface area contributed by atoms with Gasteiger partial charge in [-0.25, -0.2) is 0 Å². The molecule has 0 amide bonds. The first-order valence-corrected chi connectivity index (χ1v) is 5.77. The Balaban J connectivity index is 2.71. The maximum Gasteiger partial charge on any atom is 0.0938 e. The second-order valence-corrected chi connectivity index (χ2v) is 4.24. The number of para-hydroxylation sites is 1. The Labute approximate surface area is 90.0 Å². The van der Waals surface area contributed by atoms with Gasteiger partial charge in [-0.1, -0.05) is 50.1 Å². The topological polar surface area (TPSA) is 3.24 Å². The van der Waals surface area contributed by atoms with Gasteiger partial charge in [0, 0.05) is 18.1 Å². The second-order valence-electron chi connectivity index (χ2n) is 2.54. The van der Waals surface area contributed by atoms with Crippen LogP contribution in [0, 0.1) is 0 Å². The van der Waals surface area contributed by atoms with Crippen molar-refractivity contribution in [1.29, 1.82) is 0 Å². The van der Waals surface area contributed by atoms with Gasteiger partial charge < -0.3 is 4.90 Å². The zero-order valence-corrected chi connectivity index (χ0v) is 10.0. The molecule has 1 unspecified atom stereocenters. The van der Waals surface area contributed by atoms with E-state index in [1.54, 1.807) is 0 Å². The van der Waals surface area contributed by atoms with E-state index in [1.807, 2.05) is 18.2 Å². The zero-order chi connectivity index (χ0) is 8.97. The molecule has 0 aliphatic carbocycles. The van der Waals surface area contributed by atoms with Gasteiger partial charge in [-0.15, -0.1) is 0 Å². The van der Waals surface area contributed by atoms with Gasteiger partial charge in [0.15, 0.2) is 0 Å². The molecular weight excluding hydrogens is 282 g/mol. The fourth-order valence-electron chi connectivity index (χ4n) is 0.928. The van der Waals surface area contributed by atoms with Crippen molar-refractivity contribution in [3.05, 3.63) is 30.3 Å². The second kappa shape index (κ2) is 4.87. The van der Waals surface area contributed by atoms with Crippen molar-refractivity contribution in [2.75, 3.05) is 17.3 Å². The van der Waals surface area contributed by atoms with Crippen LogP contribution in [0.3, 0.4) is 0 Å². The fourth-order valence-corrected chi connectivity index (χ4v) is 1.60. The van der Waals surface area contributed by atoms with Gasteiger partial charge in [0.25, 0.3) is 0 Å². The predicted octanol–water partition coefficient (Wildman–Crippen LogP) is 3.24. The quantitative estimate of drug-likeness (QED) is 0.611. The first kappa shape index (κ1) is 10.1. The maximum absolute atomic E-state index is 3.56. The number of hydrogen-bond donors (Lipinski definition) is 0. The van der Waals surface area contributed by atoms with Crippen molar-refractivity contribution in [1.82, 2.24) is 0 Å². The molecule has 0 spiro atoms. The molecule has 0 aliphatic rings. The summed E-state index contributed by atoms with van der Waals surface area (Å²) >= 11 is 6.98. The number of hydrogen-bond acceptors (Lipinski definition) is 1. The Kier molecular flexibility index (Phi) is 4.09. The predicted molar refractivity (Wildman–Crippen MR) is 61.4 cm³/mol. The number of halogens is 2. The van der Waals surface area contributed by atoms with Crippen LogP contribution in [0.2, 0.25) is 0 Å². The normalized spacial score (nSPS) is 12.6. The fraction of sp³-hybridized carbons (Fsp3) is 0.333. The Morgan fingerprint density at radius 1 is 1.33 bits per heavy atom. The Bertz CT molecular complexity index is 225. The van der Waals surface area contributed by atoms with E-state index < -0.39 is 0 Å². The van der Waals surface area contributed by atoms with Crippen LogP contribution < -0.4 is 4.90 Å². The smallest absolute Gasteiger partial charge is 0.0938 e. The molecule has 0 saturated carbocycles. The molecule has 0 radical (unpaired) electrons. The van der Waals surface area contributed by atoms with E-state index in [9.17, 15) is 0 Å². The highest BCUT2D eigenvalue weighted by Crippen LogP contribution is 2.18. The summed E-state index contributed by atoms with van der Waals surface area (Å²) in [6.07, 6.45) is 0. The van der Waals surface area contributed by atoms with E-state index in [1.165, 1.54) is 5.69 Å². The van der Waals surface area contributed by atoms with Crippen LogP contribution in [0.5, 0.6) is 0 Å². The van der Waals surface area contributed by atoms with Crippen molar-refractivity contribution < 1.29 is 0 Å². The number of nitrogens with zero attached hydrogens (tertiary/aromatic N) is 1. The third-order valence-corrected chi connectivity index (χ3v) is 4.13. The highest BCUT2D eigenvalue weighted by Gasteiger charge is 2.08. The molecule has 0 aliphatic heterocycles. The molecule has 66 valence electrons. The lowest BCUT2D eigenvalue weighted by Gasteiger charge is -2.23. The number of alkyl halides is 2. The lowest BCUT2D eigenvalue weighted by atomic mass is 10.3. The van der Waals surface area contributed by atoms with Crippen LogP contribution in [0.25, 0.3) is 0 Å². The number of rotatable bonds is 3. The van der Waals surface area contributed by atoms with Crippen molar-refractivity contribution in [2.24, 2.45) is 0 Å². The number of anilines is 1. The Morgan fingerprint density at radius 3 is 2.42 bits per heavy atom. The Hall–Kier alpha value is -0.0200. The molecule has 0 N–H and O–H groups in total. The minimum Gasteiger partial charge on any atom is -0.361 e. The molecule has 0 aromatic heterocycles. The molecule has 3 heteroatoms. The van der Waals surface area contributed by atoms with Crippen LogP contribution in [-0.2, 0) is 0 Å². The van der Waals surface area contributed by atoms with E-state index in [-0.39, 0.29) is 0 Å². The van der Waals surface area contributed by atoms with E-state index >= 15 is 0 Å². The average Bonchev–Trinajstić information content (AvgIpc) is 2.17. The summed E-state index contributed by atoms with van der Waals surface area (Å²) in [6, 6.07) is 10.3. The molecule has 1 aromatic carbocycles. The van der Waals surface area contributed by atoms with Crippen LogP contribution in [0.4, 0.5) is 5.69 Å². The lowest BCUT2D eigenvalue weighted by Crippen LogP contribution is -2.27. The summed E-state index contributed by atoms with van der Waals surface area (Å²) in [7, 11) is 2.07. The first-order chi connectivity index (χ1) is 5.75. The van der Waals surface area contributed by atoms with E-state index in [0.717, 1.165) is 5.33 Å². The van der Waals surface area contributed by atoms with Crippen LogP contribution in [-0.4, -0.2) is 17.3 Å². The zero-order valence-electron chi connectivity index (χ0n) is 6.87. The largest absolute Gasteiger partial charge is 0.361 e. The monoisotopic (exact) mass is 291 g/mol. The average molecular weight is 293 g/mol. The molecule has 0 bridgehead atoms. The summed E-state index contributed by atoms with van der Waals surface area (Å²) in [5, 5.41) is 0.915. The molecule has 1 aromatic rings. The number of benzene rings is 1. The summed E-state index contributed by atoms with van der Waals surface area (Å²) < 4.78 is 0. The third-order valence-electron chi connectivity index (χ3n) is 1.71. The maximum atomic E-state index is 3.56. The molecule has 1 rings (SSSR count). The standard InChI is InChI=1S/C9H11Br2N/c1-12(9(11)7-10)8-5-3-2-4-6-8/h2-6,9H,7H2,1H3. The van der Waals surface area contributed by atoms with Gasteiger partial charge in [-0.05, 0) is 12.1 Å². The first-order valence-electron chi connectivity index (χ1n) is 3.73. The molecule has 12 heavy (non-hydrogen) atoms. The molecule has 0 fully saturated rings. The molecular formula is C9H11Br2N. The van der Waals surface area contributed by atoms with E-state index in [2.05, 4.69) is 55.9 Å².